The molecule has 0 amide bonds. The Morgan fingerprint density at radius 3 is 2.94 bits per heavy atom. The molecule has 88 valence electrons. The van der Waals surface area contributed by atoms with Gasteiger partial charge in [0, 0.05) is 32.2 Å². The van der Waals surface area contributed by atoms with E-state index in [0.29, 0.717) is 6.04 Å². The lowest BCUT2D eigenvalue weighted by molar-refractivity contribution is 0.165. The van der Waals surface area contributed by atoms with Crippen LogP contribution < -0.4 is 5.32 Å². The minimum Gasteiger partial charge on any atom is -0.314 e. The van der Waals surface area contributed by atoms with Gasteiger partial charge in [0.05, 0.1) is 0 Å². The summed E-state index contributed by atoms with van der Waals surface area (Å²) in [6.45, 7) is 11.2. The van der Waals surface area contributed by atoms with Gasteiger partial charge < -0.3 is 5.32 Å². The van der Waals surface area contributed by atoms with Gasteiger partial charge in [-0.05, 0) is 31.9 Å². The molecule has 1 heterocycles. The molecule has 1 aromatic carbocycles. The van der Waals surface area contributed by atoms with Crippen LogP contribution in [0, 0.1) is 13.8 Å². The van der Waals surface area contributed by atoms with Crippen LogP contribution in [0.1, 0.15) is 23.6 Å². The van der Waals surface area contributed by atoms with E-state index in [-0.39, 0.29) is 0 Å². The lowest BCUT2D eigenvalue weighted by Crippen LogP contribution is -2.49. The summed E-state index contributed by atoms with van der Waals surface area (Å²) in [5.74, 6) is 0. The number of rotatable bonds is 2. The summed E-state index contributed by atoms with van der Waals surface area (Å²) in [5, 5.41) is 3.43. The Labute approximate surface area is 98.7 Å². The number of piperazine rings is 1. The summed E-state index contributed by atoms with van der Waals surface area (Å²) in [7, 11) is 0. The van der Waals surface area contributed by atoms with E-state index >= 15 is 0 Å². The normalized spacial score (nSPS) is 22.3. The van der Waals surface area contributed by atoms with Crippen molar-refractivity contribution in [2.24, 2.45) is 0 Å². The van der Waals surface area contributed by atoms with Crippen molar-refractivity contribution in [3.05, 3.63) is 34.9 Å². The second kappa shape index (κ2) is 4.98. The van der Waals surface area contributed by atoms with E-state index in [9.17, 15) is 0 Å². The SMILES string of the molecule is Cc1ccc(C)c(CN2CCNC[C@@H]2C)c1. The molecule has 1 aliphatic rings. The van der Waals surface area contributed by atoms with Crippen molar-refractivity contribution < 1.29 is 0 Å². The summed E-state index contributed by atoms with van der Waals surface area (Å²) < 4.78 is 0. The molecule has 0 aliphatic carbocycles. The Balaban J connectivity index is 2.10. The maximum Gasteiger partial charge on any atom is 0.0240 e. The molecule has 2 nitrogen and oxygen atoms in total. The first-order valence-electron chi connectivity index (χ1n) is 6.17. The first-order chi connectivity index (χ1) is 7.66. The van der Waals surface area contributed by atoms with E-state index < -0.39 is 0 Å². The Hall–Kier alpha value is -0.860. The number of nitrogens with one attached hydrogen (secondary N) is 1. The molecule has 1 aromatic rings. The van der Waals surface area contributed by atoms with E-state index in [2.05, 4.69) is 49.2 Å². The van der Waals surface area contributed by atoms with Crippen molar-refractivity contribution in [3.8, 4) is 0 Å². The van der Waals surface area contributed by atoms with Crippen molar-refractivity contribution in [2.75, 3.05) is 19.6 Å². The highest BCUT2D eigenvalue weighted by Gasteiger charge is 2.18. The van der Waals surface area contributed by atoms with E-state index in [4.69, 9.17) is 0 Å². The van der Waals surface area contributed by atoms with Crippen LogP contribution in [0.25, 0.3) is 0 Å². The number of aryl methyl sites for hydroxylation is 2. The molecule has 1 saturated heterocycles. The van der Waals surface area contributed by atoms with Crippen molar-refractivity contribution in [2.45, 2.75) is 33.4 Å². The van der Waals surface area contributed by atoms with Gasteiger partial charge in [0.25, 0.3) is 0 Å². The number of hydrogen-bond donors (Lipinski definition) is 1. The minimum absolute atomic E-state index is 0.647. The third-order valence-corrected chi connectivity index (χ3v) is 3.52. The smallest absolute Gasteiger partial charge is 0.0240 e. The Morgan fingerprint density at radius 2 is 2.19 bits per heavy atom. The van der Waals surface area contributed by atoms with Crippen LogP contribution in [0.2, 0.25) is 0 Å². The monoisotopic (exact) mass is 218 g/mol. The molecule has 0 aromatic heterocycles. The largest absolute Gasteiger partial charge is 0.314 e. The quantitative estimate of drug-likeness (QED) is 0.818. The van der Waals surface area contributed by atoms with Crippen molar-refractivity contribution in [3.63, 3.8) is 0 Å². The fourth-order valence-electron chi connectivity index (χ4n) is 2.31. The average molecular weight is 218 g/mol. The van der Waals surface area contributed by atoms with Gasteiger partial charge in [0.1, 0.15) is 0 Å². The molecule has 16 heavy (non-hydrogen) atoms. The van der Waals surface area contributed by atoms with Gasteiger partial charge in [-0.1, -0.05) is 23.8 Å². The van der Waals surface area contributed by atoms with Crippen LogP contribution in [-0.2, 0) is 6.54 Å². The van der Waals surface area contributed by atoms with E-state index in [1.165, 1.54) is 16.7 Å². The lowest BCUT2D eigenvalue weighted by Gasteiger charge is -2.34. The molecule has 1 atom stereocenters. The highest BCUT2D eigenvalue weighted by Crippen LogP contribution is 2.15. The highest BCUT2D eigenvalue weighted by molar-refractivity contribution is 5.30. The molecule has 1 N–H and O–H groups in total. The van der Waals surface area contributed by atoms with E-state index in [1.54, 1.807) is 0 Å². The molecular weight excluding hydrogens is 196 g/mol. The first-order valence-corrected chi connectivity index (χ1v) is 6.17. The number of benzene rings is 1. The van der Waals surface area contributed by atoms with Crippen LogP contribution >= 0.6 is 0 Å². The molecule has 2 heteroatoms. The fourth-order valence-corrected chi connectivity index (χ4v) is 2.31. The molecule has 0 unspecified atom stereocenters. The van der Waals surface area contributed by atoms with Gasteiger partial charge in [-0.2, -0.15) is 0 Å². The molecule has 2 rings (SSSR count). The number of nitrogens with zero attached hydrogens (tertiary/aromatic N) is 1. The number of hydrogen-bond acceptors (Lipinski definition) is 2. The summed E-state index contributed by atoms with van der Waals surface area (Å²) in [5.41, 5.74) is 4.26. The zero-order chi connectivity index (χ0) is 11.5. The van der Waals surface area contributed by atoms with Crippen LogP contribution in [0.4, 0.5) is 0 Å². The Kier molecular flexibility index (Phi) is 3.62. The van der Waals surface area contributed by atoms with E-state index in [1.807, 2.05) is 0 Å². The van der Waals surface area contributed by atoms with Gasteiger partial charge in [0.2, 0.25) is 0 Å². The van der Waals surface area contributed by atoms with Crippen molar-refractivity contribution in [1.29, 1.82) is 0 Å². The van der Waals surface area contributed by atoms with Crippen LogP contribution in [-0.4, -0.2) is 30.6 Å². The molecule has 0 bridgehead atoms. The molecule has 0 radical (unpaired) electrons. The predicted octanol–water partition coefficient (Wildman–Crippen LogP) is 2.10. The lowest BCUT2D eigenvalue weighted by atomic mass is 10.0. The second-order valence-electron chi connectivity index (χ2n) is 4.95. The van der Waals surface area contributed by atoms with Gasteiger partial charge in [0.15, 0.2) is 0 Å². The zero-order valence-electron chi connectivity index (χ0n) is 10.6. The summed E-state index contributed by atoms with van der Waals surface area (Å²) in [4.78, 5) is 2.57. The predicted molar refractivity (Wildman–Crippen MR) is 68.7 cm³/mol. The van der Waals surface area contributed by atoms with Crippen molar-refractivity contribution in [1.82, 2.24) is 10.2 Å². The summed E-state index contributed by atoms with van der Waals surface area (Å²) in [6.07, 6.45) is 0. The fraction of sp³-hybridized carbons (Fsp3) is 0.571. The second-order valence-corrected chi connectivity index (χ2v) is 4.95. The third-order valence-electron chi connectivity index (χ3n) is 3.52. The van der Waals surface area contributed by atoms with Crippen LogP contribution in [0.5, 0.6) is 0 Å². The molecule has 1 fully saturated rings. The molecule has 0 saturated carbocycles. The van der Waals surface area contributed by atoms with Gasteiger partial charge in [-0.3, -0.25) is 4.90 Å². The third kappa shape index (κ3) is 2.63. The maximum atomic E-state index is 3.43. The highest BCUT2D eigenvalue weighted by atomic mass is 15.2. The molecule has 0 spiro atoms. The van der Waals surface area contributed by atoms with Crippen molar-refractivity contribution >= 4 is 0 Å². The topological polar surface area (TPSA) is 15.3 Å². The average Bonchev–Trinajstić information content (AvgIpc) is 2.27. The Bertz CT molecular complexity index is 360. The van der Waals surface area contributed by atoms with Gasteiger partial charge >= 0.3 is 0 Å². The Morgan fingerprint density at radius 1 is 1.38 bits per heavy atom. The van der Waals surface area contributed by atoms with E-state index in [0.717, 1.165) is 26.2 Å². The minimum atomic E-state index is 0.647. The zero-order valence-corrected chi connectivity index (χ0v) is 10.6. The summed E-state index contributed by atoms with van der Waals surface area (Å²) in [6, 6.07) is 7.40. The van der Waals surface area contributed by atoms with Crippen LogP contribution in [0.3, 0.4) is 0 Å². The van der Waals surface area contributed by atoms with Gasteiger partial charge in [-0.15, -0.1) is 0 Å². The standard InChI is InChI=1S/C14H22N2/c1-11-4-5-12(2)14(8-11)10-16-7-6-15-9-13(16)3/h4-5,8,13,15H,6-7,9-10H2,1-3H3/t13-/m0/s1. The van der Waals surface area contributed by atoms with Gasteiger partial charge in [-0.25, -0.2) is 0 Å². The summed E-state index contributed by atoms with van der Waals surface area (Å²) >= 11 is 0. The maximum absolute atomic E-state index is 3.43. The molecule has 1 aliphatic heterocycles. The first kappa shape index (κ1) is 11.6. The van der Waals surface area contributed by atoms with Crippen LogP contribution in [0.15, 0.2) is 18.2 Å². The molecular formula is C14H22N2.